The zero-order valence-corrected chi connectivity index (χ0v) is 14.8. The molecule has 0 saturated heterocycles. The maximum Gasteiger partial charge on any atom is 0.251 e. The number of H-pyrrole nitrogens is 1. The molecule has 2 amide bonds. The SMILES string of the molecule is O=C(NCC(=O)N1Cc2[nH]c3ccccc3c2CC1CO)c1ccccc1. The lowest BCUT2D eigenvalue weighted by molar-refractivity contribution is -0.134. The molecule has 3 aromatic rings. The number of benzene rings is 2. The maximum atomic E-state index is 12.7. The average Bonchev–Trinajstić information content (AvgIpc) is 3.09. The Morgan fingerprint density at radius 2 is 1.85 bits per heavy atom. The molecule has 2 heterocycles. The van der Waals surface area contributed by atoms with Gasteiger partial charge in [-0.25, -0.2) is 0 Å². The number of hydrogen-bond donors (Lipinski definition) is 3. The Bertz CT molecular complexity index is 981. The van der Waals surface area contributed by atoms with Gasteiger partial charge in [-0.05, 0) is 30.2 Å². The van der Waals surface area contributed by atoms with Gasteiger partial charge in [0.1, 0.15) is 0 Å². The van der Waals surface area contributed by atoms with Gasteiger partial charge in [0.2, 0.25) is 5.91 Å². The molecule has 6 nitrogen and oxygen atoms in total. The number of nitrogens with one attached hydrogen (secondary N) is 2. The van der Waals surface area contributed by atoms with E-state index in [1.165, 1.54) is 0 Å². The summed E-state index contributed by atoms with van der Waals surface area (Å²) in [6.07, 6.45) is 0.591. The highest BCUT2D eigenvalue weighted by Crippen LogP contribution is 2.30. The Kier molecular flexibility index (Phi) is 4.64. The van der Waals surface area contributed by atoms with Crippen LogP contribution >= 0.6 is 0 Å². The summed E-state index contributed by atoms with van der Waals surface area (Å²) in [5.41, 5.74) is 3.69. The van der Waals surface area contributed by atoms with Crippen LogP contribution in [0.25, 0.3) is 10.9 Å². The summed E-state index contributed by atoms with van der Waals surface area (Å²) in [5.74, 6) is -0.490. The van der Waals surface area contributed by atoms with E-state index in [9.17, 15) is 14.7 Å². The quantitative estimate of drug-likeness (QED) is 0.661. The fraction of sp³-hybridized carbons (Fsp3) is 0.238. The van der Waals surface area contributed by atoms with Crippen LogP contribution in [-0.2, 0) is 17.8 Å². The highest BCUT2D eigenvalue weighted by Gasteiger charge is 2.31. The lowest BCUT2D eigenvalue weighted by Crippen LogP contribution is -2.49. The highest BCUT2D eigenvalue weighted by atomic mass is 16.3. The van der Waals surface area contributed by atoms with Crippen molar-refractivity contribution in [3.05, 3.63) is 71.4 Å². The topological polar surface area (TPSA) is 85.4 Å². The van der Waals surface area contributed by atoms with Gasteiger partial charge in [0, 0.05) is 22.2 Å². The van der Waals surface area contributed by atoms with E-state index in [1.807, 2.05) is 24.3 Å². The van der Waals surface area contributed by atoms with Crippen molar-refractivity contribution in [2.24, 2.45) is 0 Å². The summed E-state index contributed by atoms with van der Waals surface area (Å²) in [4.78, 5) is 29.9. The van der Waals surface area contributed by atoms with Crippen molar-refractivity contribution >= 4 is 22.7 Å². The van der Waals surface area contributed by atoms with Gasteiger partial charge >= 0.3 is 0 Å². The number of carbonyl (C=O) groups excluding carboxylic acids is 2. The molecule has 1 atom stereocenters. The number of fused-ring (bicyclic) bond motifs is 3. The first-order valence-corrected chi connectivity index (χ1v) is 8.99. The van der Waals surface area contributed by atoms with Crippen molar-refractivity contribution in [3.63, 3.8) is 0 Å². The number of amides is 2. The lowest BCUT2D eigenvalue weighted by Gasteiger charge is -2.34. The van der Waals surface area contributed by atoms with Gasteiger partial charge in [-0.15, -0.1) is 0 Å². The molecule has 0 spiro atoms. The second-order valence-electron chi connectivity index (χ2n) is 6.74. The molecule has 27 heavy (non-hydrogen) atoms. The molecule has 6 heteroatoms. The van der Waals surface area contributed by atoms with E-state index < -0.39 is 0 Å². The van der Waals surface area contributed by atoms with Crippen LogP contribution in [0, 0.1) is 0 Å². The van der Waals surface area contributed by atoms with Crippen LogP contribution in [0.4, 0.5) is 0 Å². The number of rotatable bonds is 4. The molecule has 1 aliphatic rings. The smallest absolute Gasteiger partial charge is 0.251 e. The number of aliphatic hydroxyl groups excluding tert-OH is 1. The number of carbonyl (C=O) groups is 2. The molecule has 0 radical (unpaired) electrons. The second-order valence-corrected chi connectivity index (χ2v) is 6.74. The van der Waals surface area contributed by atoms with Gasteiger partial charge in [0.25, 0.3) is 5.91 Å². The minimum Gasteiger partial charge on any atom is -0.394 e. The highest BCUT2D eigenvalue weighted by molar-refractivity contribution is 5.96. The number of para-hydroxylation sites is 1. The Labute approximate surface area is 156 Å². The predicted molar refractivity (Wildman–Crippen MR) is 102 cm³/mol. The van der Waals surface area contributed by atoms with E-state index in [0.717, 1.165) is 22.2 Å². The van der Waals surface area contributed by atoms with Gasteiger partial charge in [0.15, 0.2) is 0 Å². The van der Waals surface area contributed by atoms with Crippen LogP contribution in [0.1, 0.15) is 21.6 Å². The third kappa shape index (κ3) is 3.31. The van der Waals surface area contributed by atoms with Crippen molar-refractivity contribution in [1.82, 2.24) is 15.2 Å². The molecular formula is C21H21N3O3. The number of nitrogens with zero attached hydrogens (tertiary/aromatic N) is 1. The van der Waals surface area contributed by atoms with E-state index >= 15 is 0 Å². The molecular weight excluding hydrogens is 342 g/mol. The van der Waals surface area contributed by atoms with Gasteiger partial charge in [-0.1, -0.05) is 36.4 Å². The summed E-state index contributed by atoms with van der Waals surface area (Å²) < 4.78 is 0. The van der Waals surface area contributed by atoms with E-state index in [2.05, 4.69) is 16.4 Å². The fourth-order valence-corrected chi connectivity index (χ4v) is 3.67. The zero-order valence-electron chi connectivity index (χ0n) is 14.8. The van der Waals surface area contributed by atoms with Crippen molar-refractivity contribution in [3.8, 4) is 0 Å². The van der Waals surface area contributed by atoms with Crippen molar-refractivity contribution in [1.29, 1.82) is 0 Å². The fourth-order valence-electron chi connectivity index (χ4n) is 3.67. The van der Waals surface area contributed by atoms with Gasteiger partial charge in [-0.2, -0.15) is 0 Å². The third-order valence-corrected chi connectivity index (χ3v) is 5.08. The van der Waals surface area contributed by atoms with Crippen LogP contribution in [0.15, 0.2) is 54.6 Å². The van der Waals surface area contributed by atoms with E-state index in [-0.39, 0.29) is 31.0 Å². The first-order chi connectivity index (χ1) is 13.2. The summed E-state index contributed by atoms with van der Waals surface area (Å²) >= 11 is 0. The number of aliphatic hydroxyl groups is 1. The summed E-state index contributed by atoms with van der Waals surface area (Å²) in [6, 6.07) is 16.5. The molecule has 1 aromatic heterocycles. The Hall–Kier alpha value is -3.12. The van der Waals surface area contributed by atoms with Crippen molar-refractivity contribution in [2.75, 3.05) is 13.2 Å². The monoisotopic (exact) mass is 363 g/mol. The summed E-state index contributed by atoms with van der Waals surface area (Å²) in [5, 5.41) is 13.6. The first kappa shape index (κ1) is 17.3. The van der Waals surface area contributed by atoms with Gasteiger partial charge in [-0.3, -0.25) is 9.59 Å². The van der Waals surface area contributed by atoms with Crippen LogP contribution in [0.3, 0.4) is 0 Å². The summed E-state index contributed by atoms with van der Waals surface area (Å²) in [6.45, 7) is 0.187. The molecule has 0 fully saturated rings. The minimum absolute atomic E-state index is 0.0974. The normalized spacial score (nSPS) is 16.2. The second kappa shape index (κ2) is 7.25. The molecule has 3 N–H and O–H groups in total. The molecule has 138 valence electrons. The molecule has 0 aliphatic carbocycles. The van der Waals surface area contributed by atoms with Gasteiger partial charge in [0.05, 0.1) is 25.7 Å². The maximum absolute atomic E-state index is 12.7. The first-order valence-electron chi connectivity index (χ1n) is 8.99. The van der Waals surface area contributed by atoms with Crippen LogP contribution < -0.4 is 5.32 Å². The Morgan fingerprint density at radius 3 is 2.63 bits per heavy atom. The predicted octanol–water partition coefficient (Wildman–Crippen LogP) is 1.84. The lowest BCUT2D eigenvalue weighted by atomic mass is 9.97. The minimum atomic E-state index is -0.294. The van der Waals surface area contributed by atoms with E-state index in [0.29, 0.717) is 18.5 Å². The summed E-state index contributed by atoms with van der Waals surface area (Å²) in [7, 11) is 0. The molecule has 4 rings (SSSR count). The molecule has 0 saturated carbocycles. The molecule has 2 aromatic carbocycles. The van der Waals surface area contributed by atoms with Crippen LogP contribution in [-0.4, -0.2) is 46.0 Å². The molecule has 1 unspecified atom stereocenters. The van der Waals surface area contributed by atoms with Crippen molar-refractivity contribution in [2.45, 2.75) is 19.0 Å². The average molecular weight is 363 g/mol. The zero-order chi connectivity index (χ0) is 18.8. The van der Waals surface area contributed by atoms with E-state index in [4.69, 9.17) is 0 Å². The largest absolute Gasteiger partial charge is 0.394 e. The number of aromatic nitrogens is 1. The third-order valence-electron chi connectivity index (χ3n) is 5.08. The molecule has 0 bridgehead atoms. The van der Waals surface area contributed by atoms with Crippen LogP contribution in [0.5, 0.6) is 0 Å². The number of hydrogen-bond acceptors (Lipinski definition) is 3. The van der Waals surface area contributed by atoms with Crippen LogP contribution in [0.2, 0.25) is 0 Å². The standard InChI is InChI=1S/C21H21N3O3/c25-13-15-10-17-16-8-4-5-9-18(16)23-19(17)12-24(15)20(26)11-22-21(27)14-6-2-1-3-7-14/h1-9,15,23,25H,10-13H2,(H,22,27). The van der Waals surface area contributed by atoms with Gasteiger partial charge < -0.3 is 20.3 Å². The number of aromatic amines is 1. The Morgan fingerprint density at radius 1 is 1.11 bits per heavy atom. The molecule has 1 aliphatic heterocycles. The van der Waals surface area contributed by atoms with Crippen molar-refractivity contribution < 1.29 is 14.7 Å². The van der Waals surface area contributed by atoms with E-state index in [1.54, 1.807) is 29.2 Å². The Balaban J connectivity index is 1.49.